The molecule has 1 aromatic rings. The Kier molecular flexibility index (Phi) is 5.52. The van der Waals surface area contributed by atoms with Crippen molar-refractivity contribution in [1.82, 2.24) is 0 Å². The Balaban J connectivity index is 2.69. The van der Waals surface area contributed by atoms with Gasteiger partial charge in [-0.05, 0) is 31.0 Å². The van der Waals surface area contributed by atoms with Gasteiger partial charge in [-0.25, -0.2) is 8.42 Å². The minimum Gasteiger partial charge on any atom is -0.377 e. The zero-order valence-corrected chi connectivity index (χ0v) is 12.3. The monoisotopic (exact) mass is 281 g/mol. The second-order valence-electron chi connectivity index (χ2n) is 4.78. The van der Waals surface area contributed by atoms with Crippen LogP contribution in [0.15, 0.2) is 29.2 Å². The number of rotatable bonds is 6. The SMILES string of the molecule is CC(C)C(C)OCCS(=O)(=O)c1cccc(C#N)c1. The van der Waals surface area contributed by atoms with Crippen LogP contribution in [-0.2, 0) is 14.6 Å². The lowest BCUT2D eigenvalue weighted by Gasteiger charge is -2.16. The quantitative estimate of drug-likeness (QED) is 0.803. The number of nitriles is 1. The lowest BCUT2D eigenvalue weighted by molar-refractivity contribution is 0.0455. The third-order valence-corrected chi connectivity index (χ3v) is 4.67. The highest BCUT2D eigenvalue weighted by Gasteiger charge is 2.16. The zero-order valence-electron chi connectivity index (χ0n) is 11.5. The van der Waals surface area contributed by atoms with Crippen LogP contribution in [0.3, 0.4) is 0 Å². The molecule has 0 saturated heterocycles. The Bertz CT molecular complexity index is 558. The van der Waals surface area contributed by atoms with Gasteiger partial charge in [0, 0.05) is 0 Å². The highest BCUT2D eigenvalue weighted by molar-refractivity contribution is 7.91. The van der Waals surface area contributed by atoms with Crippen molar-refractivity contribution in [2.24, 2.45) is 5.92 Å². The van der Waals surface area contributed by atoms with Crippen molar-refractivity contribution in [1.29, 1.82) is 5.26 Å². The minimum absolute atomic E-state index is 0.0284. The van der Waals surface area contributed by atoms with Gasteiger partial charge in [-0.3, -0.25) is 0 Å². The van der Waals surface area contributed by atoms with Gasteiger partial charge in [-0.15, -0.1) is 0 Å². The first-order valence-corrected chi connectivity index (χ1v) is 7.86. The summed E-state index contributed by atoms with van der Waals surface area (Å²) < 4.78 is 29.6. The number of hydrogen-bond acceptors (Lipinski definition) is 4. The molecule has 0 aliphatic carbocycles. The predicted octanol–water partition coefficient (Wildman–Crippen LogP) is 2.39. The Morgan fingerprint density at radius 3 is 2.58 bits per heavy atom. The Hall–Kier alpha value is -1.38. The normalized spacial score (nSPS) is 13.2. The molecule has 0 radical (unpaired) electrons. The zero-order chi connectivity index (χ0) is 14.5. The Morgan fingerprint density at radius 2 is 2.00 bits per heavy atom. The number of nitrogens with zero attached hydrogens (tertiary/aromatic N) is 1. The summed E-state index contributed by atoms with van der Waals surface area (Å²) in [6, 6.07) is 7.98. The van der Waals surface area contributed by atoms with E-state index in [1.54, 1.807) is 12.1 Å². The molecule has 0 fully saturated rings. The summed E-state index contributed by atoms with van der Waals surface area (Å²) in [6.45, 7) is 6.14. The van der Waals surface area contributed by atoms with E-state index in [2.05, 4.69) is 0 Å². The maximum Gasteiger partial charge on any atom is 0.180 e. The summed E-state index contributed by atoms with van der Waals surface area (Å²) in [5.74, 6) is 0.281. The third-order valence-electron chi connectivity index (χ3n) is 2.99. The van der Waals surface area contributed by atoms with Crippen LogP contribution in [0.5, 0.6) is 0 Å². The van der Waals surface area contributed by atoms with E-state index >= 15 is 0 Å². The highest BCUT2D eigenvalue weighted by Crippen LogP contribution is 2.13. The number of benzene rings is 1. The fourth-order valence-electron chi connectivity index (χ4n) is 1.41. The van der Waals surface area contributed by atoms with Gasteiger partial charge >= 0.3 is 0 Å². The van der Waals surface area contributed by atoms with Gasteiger partial charge in [0.1, 0.15) is 0 Å². The van der Waals surface area contributed by atoms with Crippen molar-refractivity contribution in [3.05, 3.63) is 29.8 Å². The molecule has 0 aliphatic rings. The van der Waals surface area contributed by atoms with Crippen LogP contribution in [0, 0.1) is 17.2 Å². The van der Waals surface area contributed by atoms with Gasteiger partial charge in [0.2, 0.25) is 0 Å². The van der Waals surface area contributed by atoms with Crippen molar-refractivity contribution in [3.63, 3.8) is 0 Å². The minimum atomic E-state index is -3.39. The van der Waals surface area contributed by atoms with E-state index < -0.39 is 9.84 Å². The van der Waals surface area contributed by atoms with E-state index in [1.807, 2.05) is 26.8 Å². The summed E-state index contributed by atoms with van der Waals surface area (Å²) >= 11 is 0. The van der Waals surface area contributed by atoms with E-state index in [4.69, 9.17) is 10.00 Å². The predicted molar refractivity (Wildman–Crippen MR) is 73.5 cm³/mol. The molecule has 0 aliphatic heterocycles. The average molecular weight is 281 g/mol. The molecule has 19 heavy (non-hydrogen) atoms. The average Bonchev–Trinajstić information content (AvgIpc) is 2.38. The molecule has 5 heteroatoms. The number of hydrogen-bond donors (Lipinski definition) is 0. The highest BCUT2D eigenvalue weighted by atomic mass is 32.2. The molecule has 4 nitrogen and oxygen atoms in total. The maximum atomic E-state index is 12.1. The first kappa shape index (κ1) is 15.7. The van der Waals surface area contributed by atoms with Crippen molar-refractivity contribution < 1.29 is 13.2 Å². The van der Waals surface area contributed by atoms with Crippen LogP contribution < -0.4 is 0 Å². The molecule has 0 bridgehead atoms. The summed E-state index contributed by atoms with van der Waals surface area (Å²) in [5.41, 5.74) is 0.345. The fourth-order valence-corrected chi connectivity index (χ4v) is 2.56. The topological polar surface area (TPSA) is 67.2 Å². The second-order valence-corrected chi connectivity index (χ2v) is 6.89. The van der Waals surface area contributed by atoms with Gasteiger partial charge in [-0.1, -0.05) is 19.9 Å². The number of sulfone groups is 1. The van der Waals surface area contributed by atoms with Crippen LogP contribution in [0.4, 0.5) is 0 Å². The Labute approximate surface area is 114 Å². The lowest BCUT2D eigenvalue weighted by Crippen LogP contribution is -2.20. The third kappa shape index (κ3) is 4.66. The van der Waals surface area contributed by atoms with Crippen LogP contribution in [0.25, 0.3) is 0 Å². The van der Waals surface area contributed by atoms with E-state index in [-0.39, 0.29) is 23.4 Å². The molecule has 0 spiro atoms. The molecule has 1 rings (SSSR count). The molecule has 1 unspecified atom stereocenters. The first-order valence-electron chi connectivity index (χ1n) is 6.21. The first-order chi connectivity index (χ1) is 8.86. The molecular weight excluding hydrogens is 262 g/mol. The summed E-state index contributed by atoms with van der Waals surface area (Å²) in [6.07, 6.45) is 0.0284. The smallest absolute Gasteiger partial charge is 0.180 e. The second kappa shape index (κ2) is 6.69. The molecule has 0 N–H and O–H groups in total. The molecule has 104 valence electrons. The summed E-state index contributed by atoms with van der Waals surface area (Å²) in [4.78, 5) is 0.173. The molecule has 1 aromatic carbocycles. The fraction of sp³-hybridized carbons (Fsp3) is 0.500. The Morgan fingerprint density at radius 1 is 1.32 bits per heavy atom. The lowest BCUT2D eigenvalue weighted by atomic mass is 10.1. The van der Waals surface area contributed by atoms with Gasteiger partial charge in [0.05, 0.1) is 35.0 Å². The standard InChI is InChI=1S/C14H19NO3S/c1-11(2)12(3)18-7-8-19(16,17)14-6-4-5-13(9-14)10-15/h4-6,9,11-12H,7-8H2,1-3H3. The van der Waals surface area contributed by atoms with E-state index in [1.165, 1.54) is 12.1 Å². The van der Waals surface area contributed by atoms with Crippen LogP contribution in [0.1, 0.15) is 26.3 Å². The van der Waals surface area contributed by atoms with Crippen LogP contribution in [0.2, 0.25) is 0 Å². The van der Waals surface area contributed by atoms with E-state index in [0.717, 1.165) is 0 Å². The van der Waals surface area contributed by atoms with Gasteiger partial charge in [0.15, 0.2) is 9.84 Å². The van der Waals surface area contributed by atoms with Gasteiger partial charge < -0.3 is 4.74 Å². The van der Waals surface area contributed by atoms with Crippen LogP contribution >= 0.6 is 0 Å². The largest absolute Gasteiger partial charge is 0.377 e. The van der Waals surface area contributed by atoms with Gasteiger partial charge in [0.25, 0.3) is 0 Å². The number of ether oxygens (including phenoxy) is 1. The summed E-state index contributed by atoms with van der Waals surface area (Å²) in [7, 11) is -3.39. The maximum absolute atomic E-state index is 12.1. The van der Waals surface area contributed by atoms with Gasteiger partial charge in [-0.2, -0.15) is 5.26 Å². The molecule has 0 heterocycles. The van der Waals surface area contributed by atoms with Crippen LogP contribution in [-0.4, -0.2) is 26.9 Å². The van der Waals surface area contributed by atoms with Crippen molar-refractivity contribution in [2.45, 2.75) is 31.8 Å². The molecule has 0 saturated carbocycles. The van der Waals surface area contributed by atoms with Crippen molar-refractivity contribution in [3.8, 4) is 6.07 Å². The molecule has 0 aromatic heterocycles. The van der Waals surface area contributed by atoms with Crippen molar-refractivity contribution >= 4 is 9.84 Å². The van der Waals surface area contributed by atoms with Crippen molar-refractivity contribution in [2.75, 3.05) is 12.4 Å². The summed E-state index contributed by atoms with van der Waals surface area (Å²) in [5, 5.41) is 8.77. The van der Waals surface area contributed by atoms with E-state index in [9.17, 15) is 8.42 Å². The van der Waals surface area contributed by atoms with E-state index in [0.29, 0.717) is 11.5 Å². The molecule has 0 amide bonds. The molecular formula is C14H19NO3S. The molecule has 1 atom stereocenters.